The van der Waals surface area contributed by atoms with Crippen LogP contribution in [-0.4, -0.2) is 28.6 Å². The predicted octanol–water partition coefficient (Wildman–Crippen LogP) is 2.37. The highest BCUT2D eigenvalue weighted by atomic mass is 19.1. The molecule has 0 radical (unpaired) electrons. The quantitative estimate of drug-likeness (QED) is 0.711. The van der Waals surface area contributed by atoms with Crippen molar-refractivity contribution in [1.82, 2.24) is 14.9 Å². The average Bonchev–Trinajstić information content (AvgIpc) is 2.96. The van der Waals surface area contributed by atoms with Crippen LogP contribution in [0, 0.1) is 5.82 Å². The summed E-state index contributed by atoms with van der Waals surface area (Å²) in [6, 6.07) is 13.4. The Hall–Kier alpha value is -2.89. The average molecular weight is 313 g/mol. The molecule has 1 aromatic heterocycles. The Morgan fingerprint density at radius 3 is 2.78 bits per heavy atom. The molecule has 0 saturated heterocycles. The van der Waals surface area contributed by atoms with Crippen LogP contribution in [-0.2, 0) is 11.3 Å². The molecule has 0 bridgehead atoms. The lowest BCUT2D eigenvalue weighted by Crippen LogP contribution is -2.31. The number of imidazole rings is 1. The molecule has 6 heteroatoms. The monoisotopic (exact) mass is 313 g/mol. The number of fused-ring (bicyclic) bond motifs is 1. The predicted molar refractivity (Wildman–Crippen MR) is 84.6 cm³/mol. The first-order valence-electron chi connectivity index (χ1n) is 7.27. The molecule has 0 spiro atoms. The van der Waals surface area contributed by atoms with Gasteiger partial charge in [-0.3, -0.25) is 4.79 Å². The highest BCUT2D eigenvalue weighted by molar-refractivity contribution is 5.80. The molecule has 118 valence electrons. The zero-order chi connectivity index (χ0) is 16.1. The SMILES string of the molecule is O=C(Cn1cnc2ccccc21)NCCOc1ccc(F)cc1. The Bertz CT molecular complexity index is 799. The lowest BCUT2D eigenvalue weighted by molar-refractivity contribution is -0.121. The Balaban J connectivity index is 1.45. The molecule has 3 aromatic rings. The number of para-hydroxylation sites is 2. The van der Waals surface area contributed by atoms with Crippen LogP contribution in [0.15, 0.2) is 54.9 Å². The van der Waals surface area contributed by atoms with Gasteiger partial charge in [0.15, 0.2) is 0 Å². The molecule has 0 saturated carbocycles. The van der Waals surface area contributed by atoms with Crippen molar-refractivity contribution in [1.29, 1.82) is 0 Å². The number of hydrogen-bond acceptors (Lipinski definition) is 3. The van der Waals surface area contributed by atoms with Crippen LogP contribution in [0.5, 0.6) is 5.75 Å². The fourth-order valence-electron chi connectivity index (χ4n) is 2.24. The number of nitrogens with zero attached hydrogens (tertiary/aromatic N) is 2. The summed E-state index contributed by atoms with van der Waals surface area (Å²) in [4.78, 5) is 16.2. The summed E-state index contributed by atoms with van der Waals surface area (Å²) in [5.74, 6) is 0.148. The number of carbonyl (C=O) groups excluding carboxylic acids is 1. The molecule has 0 aliphatic heterocycles. The molecule has 0 fully saturated rings. The third-order valence-corrected chi connectivity index (χ3v) is 3.35. The molecular formula is C17H16FN3O2. The van der Waals surface area contributed by atoms with E-state index in [-0.39, 0.29) is 18.3 Å². The molecule has 0 unspecified atom stereocenters. The van der Waals surface area contributed by atoms with Gasteiger partial charge in [-0.15, -0.1) is 0 Å². The zero-order valence-corrected chi connectivity index (χ0v) is 12.4. The van der Waals surface area contributed by atoms with E-state index in [9.17, 15) is 9.18 Å². The van der Waals surface area contributed by atoms with Gasteiger partial charge >= 0.3 is 0 Å². The van der Waals surface area contributed by atoms with Gasteiger partial charge in [-0.1, -0.05) is 12.1 Å². The molecule has 1 N–H and O–H groups in total. The summed E-state index contributed by atoms with van der Waals surface area (Å²) in [7, 11) is 0. The topological polar surface area (TPSA) is 56.2 Å². The van der Waals surface area contributed by atoms with Gasteiger partial charge in [-0.2, -0.15) is 0 Å². The number of rotatable bonds is 6. The number of halogens is 1. The Morgan fingerprint density at radius 1 is 1.17 bits per heavy atom. The van der Waals surface area contributed by atoms with Gasteiger partial charge in [0, 0.05) is 0 Å². The maximum Gasteiger partial charge on any atom is 0.240 e. The van der Waals surface area contributed by atoms with E-state index in [2.05, 4.69) is 10.3 Å². The van der Waals surface area contributed by atoms with Crippen LogP contribution in [0.4, 0.5) is 4.39 Å². The number of carbonyl (C=O) groups is 1. The number of hydrogen-bond donors (Lipinski definition) is 1. The summed E-state index contributed by atoms with van der Waals surface area (Å²) in [6.07, 6.45) is 1.65. The molecular weight excluding hydrogens is 297 g/mol. The largest absolute Gasteiger partial charge is 0.492 e. The number of benzene rings is 2. The second-order valence-corrected chi connectivity index (χ2v) is 5.01. The summed E-state index contributed by atoms with van der Waals surface area (Å²) in [5.41, 5.74) is 1.78. The van der Waals surface area contributed by atoms with E-state index in [0.29, 0.717) is 18.9 Å². The summed E-state index contributed by atoms with van der Waals surface area (Å²) < 4.78 is 20.0. The summed E-state index contributed by atoms with van der Waals surface area (Å²) in [6.45, 7) is 0.905. The number of nitrogens with one attached hydrogen (secondary N) is 1. The maximum absolute atomic E-state index is 12.8. The minimum Gasteiger partial charge on any atom is -0.492 e. The second-order valence-electron chi connectivity index (χ2n) is 5.01. The van der Waals surface area contributed by atoms with Gasteiger partial charge in [0.25, 0.3) is 0 Å². The molecule has 0 atom stereocenters. The molecule has 2 aromatic carbocycles. The second kappa shape index (κ2) is 6.91. The van der Waals surface area contributed by atoms with Crippen molar-refractivity contribution in [2.45, 2.75) is 6.54 Å². The minimum absolute atomic E-state index is 0.115. The Labute approximate surface area is 132 Å². The van der Waals surface area contributed by atoms with E-state index < -0.39 is 0 Å². The molecule has 1 heterocycles. The highest BCUT2D eigenvalue weighted by Gasteiger charge is 2.06. The Morgan fingerprint density at radius 2 is 1.96 bits per heavy atom. The summed E-state index contributed by atoms with van der Waals surface area (Å²) in [5, 5.41) is 2.78. The zero-order valence-electron chi connectivity index (χ0n) is 12.4. The van der Waals surface area contributed by atoms with Crippen molar-refractivity contribution >= 4 is 16.9 Å². The maximum atomic E-state index is 12.8. The molecule has 1 amide bonds. The standard InChI is InChI=1S/C17H16FN3O2/c18-13-5-7-14(8-6-13)23-10-9-19-17(22)11-21-12-20-15-3-1-2-4-16(15)21/h1-8,12H,9-11H2,(H,19,22). The van der Waals surface area contributed by atoms with Crippen molar-refractivity contribution in [3.05, 3.63) is 60.7 Å². The summed E-state index contributed by atoms with van der Waals surface area (Å²) >= 11 is 0. The lowest BCUT2D eigenvalue weighted by atomic mass is 10.3. The van der Waals surface area contributed by atoms with Crippen LogP contribution >= 0.6 is 0 Å². The van der Waals surface area contributed by atoms with E-state index in [1.165, 1.54) is 12.1 Å². The van der Waals surface area contributed by atoms with Crippen molar-refractivity contribution in [3.8, 4) is 5.75 Å². The molecule has 3 rings (SSSR count). The van der Waals surface area contributed by atoms with E-state index in [4.69, 9.17) is 4.74 Å². The first-order valence-corrected chi connectivity index (χ1v) is 7.27. The minimum atomic E-state index is -0.307. The van der Waals surface area contributed by atoms with E-state index in [0.717, 1.165) is 11.0 Å². The number of aromatic nitrogens is 2. The van der Waals surface area contributed by atoms with Gasteiger partial charge in [0.1, 0.15) is 24.7 Å². The van der Waals surface area contributed by atoms with E-state index in [1.807, 2.05) is 24.3 Å². The normalized spacial score (nSPS) is 10.7. The fourth-order valence-corrected chi connectivity index (χ4v) is 2.24. The van der Waals surface area contributed by atoms with Gasteiger partial charge in [-0.25, -0.2) is 9.37 Å². The van der Waals surface area contributed by atoms with Crippen LogP contribution in [0.3, 0.4) is 0 Å². The molecule has 0 aliphatic rings. The van der Waals surface area contributed by atoms with E-state index in [1.54, 1.807) is 23.0 Å². The third-order valence-electron chi connectivity index (χ3n) is 3.35. The van der Waals surface area contributed by atoms with Crippen LogP contribution in [0.2, 0.25) is 0 Å². The lowest BCUT2D eigenvalue weighted by Gasteiger charge is -2.08. The van der Waals surface area contributed by atoms with Gasteiger partial charge in [0.05, 0.1) is 23.9 Å². The molecule has 5 nitrogen and oxygen atoms in total. The van der Waals surface area contributed by atoms with Crippen molar-refractivity contribution in [2.75, 3.05) is 13.2 Å². The van der Waals surface area contributed by atoms with Crippen molar-refractivity contribution in [2.24, 2.45) is 0 Å². The van der Waals surface area contributed by atoms with Crippen molar-refractivity contribution < 1.29 is 13.9 Å². The van der Waals surface area contributed by atoms with Crippen LogP contribution in [0.25, 0.3) is 11.0 Å². The van der Waals surface area contributed by atoms with E-state index >= 15 is 0 Å². The van der Waals surface area contributed by atoms with Gasteiger partial charge in [-0.05, 0) is 36.4 Å². The first-order chi connectivity index (χ1) is 11.2. The Kier molecular flexibility index (Phi) is 4.52. The first kappa shape index (κ1) is 15.0. The smallest absolute Gasteiger partial charge is 0.240 e. The fraction of sp³-hybridized carbons (Fsp3) is 0.176. The molecule has 0 aliphatic carbocycles. The number of amides is 1. The van der Waals surface area contributed by atoms with Gasteiger partial charge in [0.2, 0.25) is 5.91 Å². The molecule has 23 heavy (non-hydrogen) atoms. The van der Waals surface area contributed by atoms with Gasteiger partial charge < -0.3 is 14.6 Å². The van der Waals surface area contributed by atoms with Crippen LogP contribution < -0.4 is 10.1 Å². The number of ether oxygens (including phenoxy) is 1. The third kappa shape index (κ3) is 3.85. The highest BCUT2D eigenvalue weighted by Crippen LogP contribution is 2.11. The van der Waals surface area contributed by atoms with Crippen molar-refractivity contribution in [3.63, 3.8) is 0 Å². The van der Waals surface area contributed by atoms with Crippen LogP contribution in [0.1, 0.15) is 0 Å².